The maximum absolute atomic E-state index is 12.9. The molecule has 2 aromatic heterocycles. The molecule has 0 aliphatic rings. The van der Waals surface area contributed by atoms with E-state index in [0.29, 0.717) is 16.6 Å². The molecule has 0 unspecified atom stereocenters. The van der Waals surface area contributed by atoms with Gasteiger partial charge in [0.2, 0.25) is 0 Å². The van der Waals surface area contributed by atoms with Gasteiger partial charge in [-0.05, 0) is 24.0 Å². The summed E-state index contributed by atoms with van der Waals surface area (Å²) >= 11 is 1.40. The highest BCUT2D eigenvalue weighted by Gasteiger charge is 2.21. The molecule has 0 fully saturated rings. The zero-order valence-corrected chi connectivity index (χ0v) is 14.3. The summed E-state index contributed by atoms with van der Waals surface area (Å²) in [6.45, 7) is 3.84. The Balaban J connectivity index is 2.20. The molecule has 0 aliphatic heterocycles. The Kier molecular flexibility index (Phi) is 4.49. The van der Waals surface area contributed by atoms with Crippen LogP contribution in [0, 0.1) is 0 Å². The van der Waals surface area contributed by atoms with Crippen molar-refractivity contribution >= 4 is 27.5 Å². The number of carbonyl (C=O) groups is 1. The SMILES string of the molecule is CCc1ccc(-c2csc3ncn([C@@H](CC)C(=O)O)c(=O)c23)cc1. The number of aryl methyl sites for hydroxylation is 1. The molecule has 0 amide bonds. The van der Waals surface area contributed by atoms with Gasteiger partial charge in [0.25, 0.3) is 5.56 Å². The Morgan fingerprint density at radius 1 is 1.29 bits per heavy atom. The number of rotatable bonds is 5. The molecule has 1 aromatic carbocycles. The van der Waals surface area contributed by atoms with E-state index in [4.69, 9.17) is 0 Å². The predicted molar refractivity (Wildman–Crippen MR) is 95.7 cm³/mol. The minimum atomic E-state index is -1.02. The van der Waals surface area contributed by atoms with Crippen molar-refractivity contribution in [3.63, 3.8) is 0 Å². The van der Waals surface area contributed by atoms with Crippen LogP contribution in [-0.4, -0.2) is 20.6 Å². The van der Waals surface area contributed by atoms with Crippen LogP contribution >= 0.6 is 11.3 Å². The quantitative estimate of drug-likeness (QED) is 0.767. The topological polar surface area (TPSA) is 72.2 Å². The van der Waals surface area contributed by atoms with Crippen molar-refractivity contribution in [3.05, 3.63) is 51.9 Å². The first-order chi connectivity index (χ1) is 11.6. The fourth-order valence-electron chi connectivity index (χ4n) is 2.79. The van der Waals surface area contributed by atoms with Gasteiger partial charge in [-0.2, -0.15) is 0 Å². The van der Waals surface area contributed by atoms with Crippen LogP contribution in [0.4, 0.5) is 0 Å². The number of aromatic nitrogens is 2. The predicted octanol–water partition coefficient (Wildman–Crippen LogP) is 3.72. The minimum absolute atomic E-state index is 0.301. The van der Waals surface area contributed by atoms with E-state index in [9.17, 15) is 14.7 Å². The first-order valence-corrected chi connectivity index (χ1v) is 8.75. The first-order valence-electron chi connectivity index (χ1n) is 7.87. The Bertz CT molecular complexity index is 941. The van der Waals surface area contributed by atoms with Crippen molar-refractivity contribution < 1.29 is 9.90 Å². The number of aliphatic carboxylic acids is 1. The summed E-state index contributed by atoms with van der Waals surface area (Å²) in [5, 5.41) is 11.7. The summed E-state index contributed by atoms with van der Waals surface area (Å²) < 4.78 is 1.22. The number of fused-ring (bicyclic) bond motifs is 1. The van der Waals surface area contributed by atoms with Crippen LogP contribution in [0.5, 0.6) is 0 Å². The fourth-order valence-corrected chi connectivity index (χ4v) is 3.70. The van der Waals surface area contributed by atoms with E-state index in [1.807, 2.05) is 29.6 Å². The van der Waals surface area contributed by atoms with E-state index in [1.165, 1.54) is 27.8 Å². The highest BCUT2D eigenvalue weighted by Crippen LogP contribution is 2.31. The van der Waals surface area contributed by atoms with E-state index in [0.717, 1.165) is 17.5 Å². The molecule has 3 aromatic rings. The zero-order chi connectivity index (χ0) is 17.3. The van der Waals surface area contributed by atoms with Crippen molar-refractivity contribution in [1.29, 1.82) is 0 Å². The molecule has 0 saturated carbocycles. The van der Waals surface area contributed by atoms with Crippen LogP contribution in [0.15, 0.2) is 40.8 Å². The summed E-state index contributed by atoms with van der Waals surface area (Å²) in [6.07, 6.45) is 2.62. The normalized spacial score (nSPS) is 12.4. The molecule has 1 atom stereocenters. The van der Waals surface area contributed by atoms with Gasteiger partial charge in [0.1, 0.15) is 10.9 Å². The molecule has 0 saturated heterocycles. The Morgan fingerprint density at radius 3 is 2.58 bits per heavy atom. The number of benzene rings is 1. The van der Waals surface area contributed by atoms with Gasteiger partial charge in [0.15, 0.2) is 0 Å². The van der Waals surface area contributed by atoms with Gasteiger partial charge in [0.05, 0.1) is 11.7 Å². The summed E-state index contributed by atoms with van der Waals surface area (Å²) in [6, 6.07) is 7.17. The number of carboxylic acids is 1. The average Bonchev–Trinajstić information content (AvgIpc) is 3.02. The number of hydrogen-bond acceptors (Lipinski definition) is 4. The third kappa shape index (κ3) is 2.73. The Hall–Kier alpha value is -2.47. The maximum Gasteiger partial charge on any atom is 0.326 e. The third-order valence-corrected chi connectivity index (χ3v) is 5.09. The van der Waals surface area contributed by atoms with E-state index in [-0.39, 0.29) is 5.56 Å². The minimum Gasteiger partial charge on any atom is -0.480 e. The van der Waals surface area contributed by atoms with Gasteiger partial charge in [-0.25, -0.2) is 9.78 Å². The molecule has 0 radical (unpaired) electrons. The van der Waals surface area contributed by atoms with Gasteiger partial charge in [0, 0.05) is 10.9 Å². The maximum atomic E-state index is 12.9. The lowest BCUT2D eigenvalue weighted by molar-refractivity contribution is -0.141. The molecule has 5 nitrogen and oxygen atoms in total. The van der Waals surface area contributed by atoms with Crippen molar-refractivity contribution in [2.75, 3.05) is 0 Å². The highest BCUT2D eigenvalue weighted by molar-refractivity contribution is 7.17. The van der Waals surface area contributed by atoms with E-state index in [1.54, 1.807) is 6.92 Å². The molecular weight excluding hydrogens is 324 g/mol. The van der Waals surface area contributed by atoms with E-state index >= 15 is 0 Å². The van der Waals surface area contributed by atoms with Gasteiger partial charge in [-0.1, -0.05) is 38.1 Å². The van der Waals surface area contributed by atoms with E-state index in [2.05, 4.69) is 11.9 Å². The molecule has 2 heterocycles. The van der Waals surface area contributed by atoms with Crippen molar-refractivity contribution in [1.82, 2.24) is 9.55 Å². The summed E-state index contributed by atoms with van der Waals surface area (Å²) in [5.41, 5.74) is 2.68. The molecule has 124 valence electrons. The fraction of sp³-hybridized carbons (Fsp3) is 0.278. The molecule has 6 heteroatoms. The Morgan fingerprint density at radius 2 is 2.00 bits per heavy atom. The second-order valence-corrected chi connectivity index (χ2v) is 6.46. The number of thiophene rings is 1. The second-order valence-electron chi connectivity index (χ2n) is 5.60. The highest BCUT2D eigenvalue weighted by atomic mass is 32.1. The zero-order valence-electron chi connectivity index (χ0n) is 13.5. The van der Waals surface area contributed by atoms with Crippen molar-refractivity contribution in [3.8, 4) is 11.1 Å². The number of nitrogens with zero attached hydrogens (tertiary/aromatic N) is 2. The largest absolute Gasteiger partial charge is 0.480 e. The standard InChI is InChI=1S/C18H18N2O3S/c1-3-11-5-7-12(8-6-11)13-9-24-16-15(13)17(21)20(10-19-16)14(4-2)18(22)23/h5-10,14H,3-4H2,1-2H3,(H,22,23)/t14-/m0/s1. The third-order valence-electron chi connectivity index (χ3n) is 4.20. The van der Waals surface area contributed by atoms with E-state index < -0.39 is 12.0 Å². The summed E-state index contributed by atoms with van der Waals surface area (Å²) in [5.74, 6) is -1.02. The van der Waals surface area contributed by atoms with Crippen LogP contribution in [0.3, 0.4) is 0 Å². The monoisotopic (exact) mass is 342 g/mol. The lowest BCUT2D eigenvalue weighted by Gasteiger charge is -2.13. The molecule has 3 rings (SSSR count). The first kappa shape index (κ1) is 16.4. The van der Waals surface area contributed by atoms with Crippen LogP contribution in [0.1, 0.15) is 31.9 Å². The van der Waals surface area contributed by atoms with Gasteiger partial charge in [-0.15, -0.1) is 11.3 Å². The van der Waals surface area contributed by atoms with Crippen LogP contribution in [-0.2, 0) is 11.2 Å². The average molecular weight is 342 g/mol. The van der Waals surface area contributed by atoms with Crippen LogP contribution in [0.2, 0.25) is 0 Å². The molecular formula is C18H18N2O3S. The lowest BCUT2D eigenvalue weighted by atomic mass is 10.0. The molecule has 24 heavy (non-hydrogen) atoms. The van der Waals surface area contributed by atoms with Gasteiger partial charge < -0.3 is 5.11 Å². The van der Waals surface area contributed by atoms with Crippen LogP contribution in [0.25, 0.3) is 21.3 Å². The molecule has 0 aliphatic carbocycles. The molecule has 0 bridgehead atoms. The van der Waals surface area contributed by atoms with Crippen molar-refractivity contribution in [2.24, 2.45) is 0 Å². The summed E-state index contributed by atoms with van der Waals surface area (Å²) in [4.78, 5) is 29.2. The Labute approximate surface area is 143 Å². The number of carboxylic acid groups (broad SMARTS) is 1. The number of hydrogen-bond donors (Lipinski definition) is 1. The summed E-state index contributed by atoms with van der Waals surface area (Å²) in [7, 11) is 0. The van der Waals surface area contributed by atoms with Crippen LogP contribution < -0.4 is 5.56 Å². The molecule has 0 spiro atoms. The lowest BCUT2D eigenvalue weighted by Crippen LogP contribution is -2.29. The second kappa shape index (κ2) is 6.57. The smallest absolute Gasteiger partial charge is 0.326 e. The molecule has 1 N–H and O–H groups in total. The van der Waals surface area contributed by atoms with Crippen molar-refractivity contribution in [2.45, 2.75) is 32.7 Å². The van der Waals surface area contributed by atoms with Gasteiger partial charge >= 0.3 is 5.97 Å². The van der Waals surface area contributed by atoms with Gasteiger partial charge in [-0.3, -0.25) is 9.36 Å².